The Bertz CT molecular complexity index is 893. The number of alkyl halides is 6. The largest absolute Gasteiger partial charge is 0.418 e. The molecular formula is C14H8ClF6NO2S. The zero-order valence-electron chi connectivity index (χ0n) is 11.9. The predicted molar refractivity (Wildman–Crippen MR) is 78.7 cm³/mol. The van der Waals surface area contributed by atoms with Gasteiger partial charge in [-0.1, -0.05) is 23.7 Å². The molecule has 0 fully saturated rings. The Kier molecular flexibility index (Phi) is 4.97. The first-order chi connectivity index (χ1) is 11.3. The highest BCUT2D eigenvalue weighted by molar-refractivity contribution is 7.92. The van der Waals surface area contributed by atoms with Crippen molar-refractivity contribution >= 4 is 27.3 Å². The second-order valence-electron chi connectivity index (χ2n) is 4.79. The van der Waals surface area contributed by atoms with Crippen LogP contribution in [-0.4, -0.2) is 8.42 Å². The number of anilines is 1. The van der Waals surface area contributed by atoms with E-state index < -0.39 is 44.1 Å². The standard InChI is InChI=1S/C14H8ClF6NO2S/c15-8-5-6-11(10(7-8)14(19,20)21)22-25(23,24)12-4-2-1-3-9(12)13(16,17)18/h1-7,22H. The summed E-state index contributed by atoms with van der Waals surface area (Å²) in [6.07, 6.45) is -9.97. The van der Waals surface area contributed by atoms with E-state index in [1.54, 1.807) is 4.72 Å². The fourth-order valence-corrected chi connectivity index (χ4v) is 3.46. The monoisotopic (exact) mass is 403 g/mol. The molecule has 0 amide bonds. The number of nitrogens with one attached hydrogen (secondary N) is 1. The molecule has 0 spiro atoms. The van der Waals surface area contributed by atoms with Gasteiger partial charge in [-0.3, -0.25) is 4.72 Å². The van der Waals surface area contributed by atoms with E-state index in [1.807, 2.05) is 0 Å². The molecule has 11 heteroatoms. The highest BCUT2D eigenvalue weighted by atomic mass is 35.5. The van der Waals surface area contributed by atoms with E-state index in [0.717, 1.165) is 24.3 Å². The van der Waals surface area contributed by atoms with Crippen molar-refractivity contribution in [2.75, 3.05) is 4.72 Å². The third kappa shape index (κ3) is 4.37. The minimum atomic E-state index is -5.00. The topological polar surface area (TPSA) is 46.2 Å². The average molecular weight is 404 g/mol. The Labute approximate surface area is 143 Å². The zero-order valence-corrected chi connectivity index (χ0v) is 13.5. The molecule has 0 bridgehead atoms. The average Bonchev–Trinajstić information content (AvgIpc) is 2.47. The molecule has 0 aliphatic heterocycles. The first-order valence-corrected chi connectivity index (χ1v) is 8.24. The van der Waals surface area contributed by atoms with Crippen molar-refractivity contribution in [3.05, 3.63) is 58.6 Å². The van der Waals surface area contributed by atoms with Crippen molar-refractivity contribution in [1.82, 2.24) is 0 Å². The van der Waals surface area contributed by atoms with Gasteiger partial charge in [-0.05, 0) is 30.3 Å². The van der Waals surface area contributed by atoms with Gasteiger partial charge in [-0.25, -0.2) is 8.42 Å². The number of halogens is 7. The second kappa shape index (κ2) is 6.41. The molecule has 0 aliphatic rings. The van der Waals surface area contributed by atoms with Gasteiger partial charge in [-0.15, -0.1) is 0 Å². The highest BCUT2D eigenvalue weighted by Gasteiger charge is 2.38. The number of sulfonamides is 1. The van der Waals surface area contributed by atoms with Crippen molar-refractivity contribution in [3.8, 4) is 0 Å². The Morgan fingerprint density at radius 1 is 0.840 bits per heavy atom. The molecule has 2 aromatic rings. The molecule has 0 radical (unpaired) electrons. The van der Waals surface area contributed by atoms with Crippen LogP contribution in [0.1, 0.15) is 11.1 Å². The van der Waals surface area contributed by atoms with Crippen LogP contribution < -0.4 is 4.72 Å². The summed E-state index contributed by atoms with van der Waals surface area (Å²) in [6.45, 7) is 0. The lowest BCUT2D eigenvalue weighted by molar-refractivity contribution is -0.140. The van der Waals surface area contributed by atoms with E-state index in [-0.39, 0.29) is 5.02 Å². The van der Waals surface area contributed by atoms with Crippen LogP contribution in [0.3, 0.4) is 0 Å². The van der Waals surface area contributed by atoms with Crippen LogP contribution in [0.5, 0.6) is 0 Å². The lowest BCUT2D eigenvalue weighted by Gasteiger charge is -2.17. The van der Waals surface area contributed by atoms with Crippen molar-refractivity contribution in [2.24, 2.45) is 0 Å². The molecule has 0 atom stereocenters. The van der Waals surface area contributed by atoms with Crippen molar-refractivity contribution in [3.63, 3.8) is 0 Å². The van der Waals surface area contributed by atoms with Crippen LogP contribution in [0, 0.1) is 0 Å². The van der Waals surface area contributed by atoms with Crippen LogP contribution in [-0.2, 0) is 22.4 Å². The fraction of sp³-hybridized carbons (Fsp3) is 0.143. The molecule has 3 nitrogen and oxygen atoms in total. The molecule has 1 N–H and O–H groups in total. The Balaban J connectivity index is 2.56. The third-order valence-electron chi connectivity index (χ3n) is 3.01. The van der Waals surface area contributed by atoms with Crippen molar-refractivity contribution in [1.29, 1.82) is 0 Å². The number of hydrogen-bond donors (Lipinski definition) is 1. The summed E-state index contributed by atoms with van der Waals surface area (Å²) in [5, 5.41) is -0.314. The normalized spacial score (nSPS) is 12.9. The molecule has 136 valence electrons. The molecule has 0 aromatic heterocycles. The number of benzene rings is 2. The Morgan fingerprint density at radius 2 is 1.40 bits per heavy atom. The number of hydrogen-bond acceptors (Lipinski definition) is 2. The molecule has 25 heavy (non-hydrogen) atoms. The van der Waals surface area contributed by atoms with Crippen LogP contribution in [0.2, 0.25) is 5.02 Å². The summed E-state index contributed by atoms with van der Waals surface area (Å²) in [4.78, 5) is -1.19. The Hall–Kier alpha value is -1.94. The molecule has 0 saturated heterocycles. The minimum Gasteiger partial charge on any atom is -0.279 e. The van der Waals surface area contributed by atoms with Gasteiger partial charge in [0, 0.05) is 5.02 Å². The summed E-state index contributed by atoms with van der Waals surface area (Å²) in [5.74, 6) is 0. The van der Waals surface area contributed by atoms with Crippen LogP contribution in [0.25, 0.3) is 0 Å². The lowest BCUT2D eigenvalue weighted by atomic mass is 10.2. The maximum atomic E-state index is 13.0. The van der Waals surface area contributed by atoms with E-state index in [9.17, 15) is 34.8 Å². The molecule has 0 aliphatic carbocycles. The van der Waals surface area contributed by atoms with Crippen molar-refractivity contribution < 1.29 is 34.8 Å². The van der Waals surface area contributed by atoms with Gasteiger partial charge in [0.25, 0.3) is 10.0 Å². The van der Waals surface area contributed by atoms with Gasteiger partial charge in [0.2, 0.25) is 0 Å². The molecule has 0 unspecified atom stereocenters. The van der Waals surface area contributed by atoms with Crippen LogP contribution >= 0.6 is 11.6 Å². The molecule has 2 rings (SSSR count). The van der Waals surface area contributed by atoms with Gasteiger partial charge in [-0.2, -0.15) is 26.3 Å². The Morgan fingerprint density at radius 3 is 1.96 bits per heavy atom. The smallest absolute Gasteiger partial charge is 0.279 e. The van der Waals surface area contributed by atoms with E-state index >= 15 is 0 Å². The fourth-order valence-electron chi connectivity index (χ4n) is 1.97. The minimum absolute atomic E-state index is 0.314. The summed E-state index contributed by atoms with van der Waals surface area (Å²) >= 11 is 5.47. The van der Waals surface area contributed by atoms with Crippen LogP contribution in [0.15, 0.2) is 47.4 Å². The van der Waals surface area contributed by atoms with Gasteiger partial charge in [0.05, 0.1) is 21.7 Å². The lowest BCUT2D eigenvalue weighted by Crippen LogP contribution is -2.20. The zero-order chi connectivity index (χ0) is 19.0. The van der Waals surface area contributed by atoms with E-state index in [0.29, 0.717) is 18.2 Å². The van der Waals surface area contributed by atoms with E-state index in [1.165, 1.54) is 0 Å². The van der Waals surface area contributed by atoms with Gasteiger partial charge < -0.3 is 0 Å². The molecule has 2 aromatic carbocycles. The summed E-state index contributed by atoms with van der Waals surface area (Å²) < 4.78 is 104. The first kappa shape index (κ1) is 19.4. The van der Waals surface area contributed by atoms with E-state index in [4.69, 9.17) is 11.6 Å². The highest BCUT2D eigenvalue weighted by Crippen LogP contribution is 2.39. The molecule has 0 heterocycles. The number of rotatable bonds is 3. The van der Waals surface area contributed by atoms with E-state index in [2.05, 4.69) is 0 Å². The summed E-state index contributed by atoms with van der Waals surface area (Å²) in [5.41, 5.74) is -3.85. The first-order valence-electron chi connectivity index (χ1n) is 6.38. The second-order valence-corrected chi connectivity index (χ2v) is 6.87. The quantitative estimate of drug-likeness (QED) is 0.718. The molecule has 0 saturated carbocycles. The third-order valence-corrected chi connectivity index (χ3v) is 4.67. The van der Waals surface area contributed by atoms with Crippen LogP contribution in [0.4, 0.5) is 32.0 Å². The maximum Gasteiger partial charge on any atom is 0.418 e. The van der Waals surface area contributed by atoms with Gasteiger partial charge in [0.1, 0.15) is 0 Å². The van der Waals surface area contributed by atoms with Crippen molar-refractivity contribution in [2.45, 2.75) is 17.2 Å². The SMILES string of the molecule is O=S(=O)(Nc1ccc(Cl)cc1C(F)(F)F)c1ccccc1C(F)(F)F. The summed E-state index contributed by atoms with van der Waals surface area (Å²) in [7, 11) is -4.94. The van der Waals surface area contributed by atoms with Gasteiger partial charge >= 0.3 is 12.4 Å². The summed E-state index contributed by atoms with van der Waals surface area (Å²) in [6, 6.07) is 5.31. The predicted octanol–water partition coefficient (Wildman–Crippen LogP) is 5.18. The maximum absolute atomic E-state index is 13.0. The molecular weight excluding hydrogens is 396 g/mol. The van der Waals surface area contributed by atoms with Gasteiger partial charge in [0.15, 0.2) is 0 Å².